The number of unbranched alkanes of at least 4 members (excludes halogenated alkanes) is 1. The standard InChI is InChI=1S/C37H38N6O5/c1-37(2,20-4-3-15-30(44)43-48)23-40-34(45)27-18-16-24(17-19-27)31(35(46)41-28-13-5-9-25-11-7-21-38-32(25)28)36(47)42-29-14-6-10-26-12-8-22-39-33(26)29/h5-14,16-19,21-22,31,48H,3-4,15,20,23H2,1-2H3,(H,40,45)(H,41,46)(H,42,47)(H,43,44). The van der Waals surface area contributed by atoms with Crippen molar-refractivity contribution in [1.29, 1.82) is 0 Å². The molecule has 0 saturated carbocycles. The zero-order chi connectivity index (χ0) is 34.1. The summed E-state index contributed by atoms with van der Waals surface area (Å²) in [6.07, 6.45) is 5.68. The van der Waals surface area contributed by atoms with E-state index in [2.05, 4.69) is 25.9 Å². The molecule has 5 rings (SSSR count). The summed E-state index contributed by atoms with van der Waals surface area (Å²) >= 11 is 0. The minimum atomic E-state index is -1.27. The van der Waals surface area contributed by atoms with E-state index < -0.39 is 23.6 Å². The molecule has 0 radical (unpaired) electrons. The molecule has 11 nitrogen and oxygen atoms in total. The number of para-hydroxylation sites is 2. The number of benzene rings is 3. The summed E-state index contributed by atoms with van der Waals surface area (Å²) in [4.78, 5) is 61.0. The number of rotatable bonds is 13. The van der Waals surface area contributed by atoms with Crippen LogP contribution < -0.4 is 21.4 Å². The van der Waals surface area contributed by atoms with Crippen LogP contribution in [0.4, 0.5) is 11.4 Å². The Morgan fingerprint density at radius 1 is 0.729 bits per heavy atom. The van der Waals surface area contributed by atoms with Gasteiger partial charge in [-0.25, -0.2) is 5.48 Å². The summed E-state index contributed by atoms with van der Waals surface area (Å²) in [5, 5.41) is 19.1. The summed E-state index contributed by atoms with van der Waals surface area (Å²) in [5.74, 6) is -3.10. The summed E-state index contributed by atoms with van der Waals surface area (Å²) in [5.41, 5.74) is 4.32. The topological polar surface area (TPSA) is 162 Å². The van der Waals surface area contributed by atoms with Crippen LogP contribution in [0.15, 0.2) is 97.3 Å². The number of aromatic nitrogens is 2. The van der Waals surface area contributed by atoms with Crippen molar-refractivity contribution in [1.82, 2.24) is 20.8 Å². The van der Waals surface area contributed by atoms with Gasteiger partial charge in [-0.2, -0.15) is 0 Å². The Balaban J connectivity index is 1.34. The lowest BCUT2D eigenvalue weighted by atomic mass is 9.86. The average Bonchev–Trinajstić information content (AvgIpc) is 3.10. The molecule has 0 spiro atoms. The molecule has 5 N–H and O–H groups in total. The van der Waals surface area contributed by atoms with Gasteiger partial charge >= 0.3 is 0 Å². The maximum Gasteiger partial charge on any atom is 0.251 e. The first-order chi connectivity index (χ1) is 23.1. The highest BCUT2D eigenvalue weighted by atomic mass is 16.5. The zero-order valence-electron chi connectivity index (χ0n) is 26.8. The fourth-order valence-electron chi connectivity index (χ4n) is 5.52. The molecule has 0 aliphatic rings. The predicted molar refractivity (Wildman–Crippen MR) is 184 cm³/mol. The van der Waals surface area contributed by atoms with Crippen LogP contribution >= 0.6 is 0 Å². The lowest BCUT2D eigenvalue weighted by molar-refractivity contribution is -0.129. The molecule has 5 aromatic rings. The van der Waals surface area contributed by atoms with Gasteiger partial charge in [-0.3, -0.25) is 34.4 Å². The molecule has 0 aliphatic heterocycles. The molecule has 48 heavy (non-hydrogen) atoms. The van der Waals surface area contributed by atoms with Crippen molar-refractivity contribution < 1.29 is 24.4 Å². The first kappa shape index (κ1) is 33.7. The van der Waals surface area contributed by atoms with Crippen molar-refractivity contribution in [2.45, 2.75) is 45.4 Å². The lowest BCUT2D eigenvalue weighted by Crippen LogP contribution is -2.34. The predicted octanol–water partition coefficient (Wildman–Crippen LogP) is 5.97. The van der Waals surface area contributed by atoms with Gasteiger partial charge in [-0.15, -0.1) is 0 Å². The van der Waals surface area contributed by atoms with Crippen LogP contribution in [-0.4, -0.2) is 45.3 Å². The number of amides is 4. The average molecular weight is 647 g/mol. The van der Waals surface area contributed by atoms with Gasteiger partial charge in [-0.1, -0.05) is 68.8 Å². The van der Waals surface area contributed by atoms with Gasteiger partial charge in [0.05, 0.1) is 22.4 Å². The molecule has 0 aliphatic carbocycles. The Morgan fingerprint density at radius 3 is 1.81 bits per heavy atom. The van der Waals surface area contributed by atoms with Gasteiger partial charge in [0.15, 0.2) is 0 Å². The van der Waals surface area contributed by atoms with E-state index in [1.165, 1.54) is 0 Å². The van der Waals surface area contributed by atoms with Gasteiger partial charge in [0, 0.05) is 41.7 Å². The Kier molecular flexibility index (Phi) is 10.7. The van der Waals surface area contributed by atoms with E-state index in [-0.39, 0.29) is 17.7 Å². The van der Waals surface area contributed by atoms with E-state index in [1.807, 2.05) is 50.2 Å². The Labute approximate surface area is 278 Å². The van der Waals surface area contributed by atoms with Crippen molar-refractivity contribution in [3.63, 3.8) is 0 Å². The number of nitrogens with zero attached hydrogens (tertiary/aromatic N) is 2. The molecule has 2 heterocycles. The third-order valence-corrected chi connectivity index (χ3v) is 8.17. The molecular weight excluding hydrogens is 608 g/mol. The van der Waals surface area contributed by atoms with Crippen LogP contribution in [0.3, 0.4) is 0 Å². The second kappa shape index (κ2) is 15.3. The number of carbonyl (C=O) groups is 4. The summed E-state index contributed by atoms with van der Waals surface area (Å²) in [7, 11) is 0. The SMILES string of the molecule is CC(C)(CCCCC(=O)NO)CNC(=O)c1ccc(C(C(=O)Nc2cccc3cccnc23)C(=O)Nc2cccc3cccnc23)cc1. The minimum Gasteiger partial charge on any atom is -0.352 e. The molecular formula is C37H38N6O5. The largest absolute Gasteiger partial charge is 0.352 e. The molecule has 2 aromatic heterocycles. The molecule has 0 saturated heterocycles. The van der Waals surface area contributed by atoms with Crippen molar-refractivity contribution in [2.75, 3.05) is 17.2 Å². The maximum absolute atomic E-state index is 13.9. The van der Waals surface area contributed by atoms with E-state index in [4.69, 9.17) is 5.21 Å². The minimum absolute atomic E-state index is 0.223. The number of carbonyl (C=O) groups excluding carboxylic acids is 4. The second-order valence-electron chi connectivity index (χ2n) is 12.4. The van der Waals surface area contributed by atoms with E-state index in [1.54, 1.807) is 66.4 Å². The van der Waals surface area contributed by atoms with E-state index >= 15 is 0 Å². The number of pyridine rings is 2. The van der Waals surface area contributed by atoms with Gasteiger partial charge in [0.25, 0.3) is 5.91 Å². The summed E-state index contributed by atoms with van der Waals surface area (Å²) in [6.45, 7) is 4.47. The Hall–Kier alpha value is -5.68. The smallest absolute Gasteiger partial charge is 0.251 e. The van der Waals surface area contributed by atoms with E-state index in [0.29, 0.717) is 46.5 Å². The maximum atomic E-state index is 13.9. The second-order valence-corrected chi connectivity index (χ2v) is 12.4. The third kappa shape index (κ3) is 8.37. The van der Waals surface area contributed by atoms with Crippen molar-refractivity contribution in [3.8, 4) is 0 Å². The fourth-order valence-corrected chi connectivity index (χ4v) is 5.52. The van der Waals surface area contributed by atoms with Gasteiger partial charge in [0.2, 0.25) is 17.7 Å². The summed E-state index contributed by atoms with van der Waals surface area (Å²) < 4.78 is 0. The van der Waals surface area contributed by atoms with Crippen molar-refractivity contribution in [2.24, 2.45) is 5.41 Å². The van der Waals surface area contributed by atoms with Crippen LogP contribution in [0.1, 0.15) is 61.4 Å². The van der Waals surface area contributed by atoms with Gasteiger partial charge in [0.1, 0.15) is 5.92 Å². The number of fused-ring (bicyclic) bond motifs is 2. The summed E-state index contributed by atoms with van der Waals surface area (Å²) in [6, 6.07) is 24.7. The normalized spacial score (nSPS) is 11.3. The van der Waals surface area contributed by atoms with Crippen LogP contribution in [0.2, 0.25) is 0 Å². The van der Waals surface area contributed by atoms with Crippen LogP contribution in [0.5, 0.6) is 0 Å². The quantitative estimate of drug-likeness (QED) is 0.0456. The zero-order valence-corrected chi connectivity index (χ0v) is 26.8. The van der Waals surface area contributed by atoms with Crippen LogP contribution in [0.25, 0.3) is 21.8 Å². The number of hydrogen-bond acceptors (Lipinski definition) is 7. The molecule has 3 aromatic carbocycles. The van der Waals surface area contributed by atoms with Crippen LogP contribution in [0, 0.1) is 5.41 Å². The highest BCUT2D eigenvalue weighted by molar-refractivity contribution is 6.17. The Morgan fingerprint density at radius 2 is 1.27 bits per heavy atom. The van der Waals surface area contributed by atoms with Gasteiger partial charge < -0.3 is 16.0 Å². The van der Waals surface area contributed by atoms with Crippen molar-refractivity contribution >= 4 is 56.8 Å². The molecule has 246 valence electrons. The third-order valence-electron chi connectivity index (χ3n) is 8.17. The first-order valence-electron chi connectivity index (χ1n) is 15.8. The highest BCUT2D eigenvalue weighted by Crippen LogP contribution is 2.28. The Bertz CT molecular complexity index is 1840. The lowest BCUT2D eigenvalue weighted by Gasteiger charge is -2.25. The van der Waals surface area contributed by atoms with E-state index in [9.17, 15) is 19.2 Å². The number of nitrogens with one attached hydrogen (secondary N) is 4. The van der Waals surface area contributed by atoms with Crippen LogP contribution in [-0.2, 0) is 14.4 Å². The van der Waals surface area contributed by atoms with Crippen molar-refractivity contribution in [3.05, 3.63) is 108 Å². The van der Waals surface area contributed by atoms with Gasteiger partial charge in [-0.05, 0) is 60.2 Å². The molecule has 0 fully saturated rings. The number of hydrogen-bond donors (Lipinski definition) is 5. The number of hydroxylamine groups is 1. The monoisotopic (exact) mass is 646 g/mol. The molecule has 0 bridgehead atoms. The molecule has 11 heteroatoms. The highest BCUT2D eigenvalue weighted by Gasteiger charge is 2.30. The molecule has 0 atom stereocenters. The van der Waals surface area contributed by atoms with E-state index in [0.717, 1.165) is 23.6 Å². The molecule has 0 unspecified atom stereocenters. The fraction of sp³-hybridized carbons (Fsp3) is 0.243. The molecule has 4 amide bonds. The number of anilines is 2. The first-order valence-corrected chi connectivity index (χ1v) is 15.8.